The lowest BCUT2D eigenvalue weighted by Gasteiger charge is -2.41. The van der Waals surface area contributed by atoms with Crippen molar-refractivity contribution in [3.63, 3.8) is 0 Å². The molecule has 0 aromatic heterocycles. The second-order valence-electron chi connectivity index (χ2n) is 5.68. The van der Waals surface area contributed by atoms with Crippen LogP contribution in [0.3, 0.4) is 0 Å². The highest BCUT2D eigenvalue weighted by Gasteiger charge is 2.36. The molecule has 0 radical (unpaired) electrons. The molecule has 0 bridgehead atoms. The van der Waals surface area contributed by atoms with Crippen molar-refractivity contribution in [3.05, 3.63) is 0 Å². The van der Waals surface area contributed by atoms with Crippen LogP contribution in [0.2, 0.25) is 0 Å². The van der Waals surface area contributed by atoms with Crippen molar-refractivity contribution in [1.29, 1.82) is 0 Å². The summed E-state index contributed by atoms with van der Waals surface area (Å²) >= 11 is 0. The highest BCUT2D eigenvalue weighted by molar-refractivity contribution is 4.87. The molecule has 0 aromatic rings. The van der Waals surface area contributed by atoms with E-state index in [0.717, 1.165) is 32.0 Å². The maximum atomic E-state index is 6.40. The van der Waals surface area contributed by atoms with Gasteiger partial charge in [0.15, 0.2) is 0 Å². The highest BCUT2D eigenvalue weighted by Crippen LogP contribution is 2.34. The van der Waals surface area contributed by atoms with E-state index in [0.29, 0.717) is 12.6 Å². The van der Waals surface area contributed by atoms with Crippen LogP contribution in [-0.4, -0.2) is 31.5 Å². The Morgan fingerprint density at radius 3 is 2.71 bits per heavy atom. The van der Waals surface area contributed by atoms with E-state index in [4.69, 9.17) is 15.2 Å². The average molecular weight is 241 g/mol. The minimum absolute atomic E-state index is 0.0848. The van der Waals surface area contributed by atoms with E-state index < -0.39 is 0 Å². The zero-order valence-electron chi connectivity index (χ0n) is 11.1. The second-order valence-corrected chi connectivity index (χ2v) is 5.68. The number of nitrogens with two attached hydrogens (primary N) is 1. The van der Waals surface area contributed by atoms with Crippen molar-refractivity contribution in [2.24, 2.45) is 11.7 Å². The van der Waals surface area contributed by atoms with Crippen LogP contribution < -0.4 is 5.73 Å². The number of hydrogen-bond donors (Lipinski definition) is 1. The van der Waals surface area contributed by atoms with Crippen molar-refractivity contribution < 1.29 is 9.47 Å². The first-order chi connectivity index (χ1) is 8.28. The van der Waals surface area contributed by atoms with Crippen molar-refractivity contribution in [3.8, 4) is 0 Å². The van der Waals surface area contributed by atoms with Crippen molar-refractivity contribution in [2.75, 3.05) is 19.8 Å². The van der Waals surface area contributed by atoms with Gasteiger partial charge in [-0.25, -0.2) is 0 Å². The van der Waals surface area contributed by atoms with E-state index in [1.807, 2.05) is 0 Å². The predicted octanol–water partition coefficient (Wildman–Crippen LogP) is 2.48. The molecule has 0 amide bonds. The standard InChI is InChI=1S/C14H27NO2/c1-2-12-4-3-5-13(10-12)17-14(11-15)6-8-16-9-7-14/h12-13H,2-11,15H2,1H3. The fraction of sp³-hybridized carbons (Fsp3) is 1.00. The summed E-state index contributed by atoms with van der Waals surface area (Å²) in [5.41, 5.74) is 5.86. The van der Waals surface area contributed by atoms with E-state index in [1.54, 1.807) is 0 Å². The molecule has 1 saturated heterocycles. The second kappa shape index (κ2) is 6.17. The Morgan fingerprint density at radius 1 is 1.29 bits per heavy atom. The molecule has 2 N–H and O–H groups in total. The van der Waals surface area contributed by atoms with Crippen LogP contribution in [-0.2, 0) is 9.47 Å². The average Bonchev–Trinajstić information content (AvgIpc) is 2.40. The Bertz CT molecular complexity index is 226. The van der Waals surface area contributed by atoms with Crippen LogP contribution in [0.25, 0.3) is 0 Å². The summed E-state index contributed by atoms with van der Waals surface area (Å²) in [4.78, 5) is 0. The molecular formula is C14H27NO2. The van der Waals surface area contributed by atoms with Crippen LogP contribution in [0.15, 0.2) is 0 Å². The summed E-state index contributed by atoms with van der Waals surface area (Å²) in [6, 6.07) is 0. The Labute approximate surface area is 105 Å². The third kappa shape index (κ3) is 3.43. The Morgan fingerprint density at radius 2 is 2.06 bits per heavy atom. The summed E-state index contributed by atoms with van der Waals surface area (Å²) in [5.74, 6) is 0.864. The molecule has 0 aromatic carbocycles. The predicted molar refractivity (Wildman–Crippen MR) is 69.0 cm³/mol. The maximum Gasteiger partial charge on any atom is 0.0851 e. The number of hydrogen-bond acceptors (Lipinski definition) is 3. The molecule has 0 spiro atoms. The Hall–Kier alpha value is -0.120. The van der Waals surface area contributed by atoms with Gasteiger partial charge in [0.1, 0.15) is 0 Å². The molecule has 1 aliphatic heterocycles. The third-order valence-electron chi connectivity index (χ3n) is 4.50. The summed E-state index contributed by atoms with van der Waals surface area (Å²) in [5, 5.41) is 0. The lowest BCUT2D eigenvalue weighted by Crippen LogP contribution is -2.48. The van der Waals surface area contributed by atoms with Gasteiger partial charge in [0.25, 0.3) is 0 Å². The van der Waals surface area contributed by atoms with Crippen LogP contribution >= 0.6 is 0 Å². The first kappa shape index (κ1) is 13.3. The smallest absolute Gasteiger partial charge is 0.0851 e. The van der Waals surface area contributed by atoms with E-state index in [2.05, 4.69) is 6.92 Å². The molecule has 3 nitrogen and oxygen atoms in total. The van der Waals surface area contributed by atoms with Crippen LogP contribution in [0.4, 0.5) is 0 Å². The molecule has 100 valence electrons. The van der Waals surface area contributed by atoms with Crippen LogP contribution in [0.5, 0.6) is 0 Å². The largest absolute Gasteiger partial charge is 0.381 e. The molecule has 3 heteroatoms. The summed E-state index contributed by atoms with van der Waals surface area (Å²) < 4.78 is 11.8. The lowest BCUT2D eigenvalue weighted by molar-refractivity contribution is -0.149. The van der Waals surface area contributed by atoms with Gasteiger partial charge in [-0.15, -0.1) is 0 Å². The number of rotatable bonds is 4. The molecule has 2 atom stereocenters. The number of ether oxygens (including phenoxy) is 2. The molecule has 2 fully saturated rings. The van der Waals surface area contributed by atoms with Gasteiger partial charge in [-0.1, -0.05) is 26.2 Å². The van der Waals surface area contributed by atoms with Gasteiger partial charge in [0, 0.05) is 32.6 Å². The van der Waals surface area contributed by atoms with Gasteiger partial charge in [0.05, 0.1) is 11.7 Å². The maximum absolute atomic E-state index is 6.40. The summed E-state index contributed by atoms with van der Waals surface area (Å²) in [6.45, 7) is 4.55. The molecule has 2 unspecified atom stereocenters. The van der Waals surface area contributed by atoms with E-state index >= 15 is 0 Å². The zero-order chi connectivity index (χ0) is 12.1. The van der Waals surface area contributed by atoms with E-state index in [-0.39, 0.29) is 5.60 Å². The van der Waals surface area contributed by atoms with Gasteiger partial charge in [0.2, 0.25) is 0 Å². The van der Waals surface area contributed by atoms with Crippen molar-refractivity contribution in [2.45, 2.75) is 63.6 Å². The summed E-state index contributed by atoms with van der Waals surface area (Å²) in [7, 11) is 0. The monoisotopic (exact) mass is 241 g/mol. The first-order valence-electron chi connectivity index (χ1n) is 7.23. The first-order valence-corrected chi connectivity index (χ1v) is 7.23. The molecule has 1 aliphatic carbocycles. The minimum Gasteiger partial charge on any atom is -0.381 e. The van der Waals surface area contributed by atoms with Gasteiger partial charge >= 0.3 is 0 Å². The topological polar surface area (TPSA) is 44.5 Å². The fourth-order valence-electron chi connectivity index (χ4n) is 3.19. The zero-order valence-corrected chi connectivity index (χ0v) is 11.1. The molecule has 1 saturated carbocycles. The van der Waals surface area contributed by atoms with Gasteiger partial charge in [-0.05, 0) is 18.8 Å². The van der Waals surface area contributed by atoms with Gasteiger partial charge < -0.3 is 15.2 Å². The normalized spacial score (nSPS) is 33.5. The van der Waals surface area contributed by atoms with E-state index in [9.17, 15) is 0 Å². The Kier molecular flexibility index (Phi) is 4.83. The molecule has 2 aliphatic rings. The Balaban J connectivity index is 1.88. The molecule has 17 heavy (non-hydrogen) atoms. The fourth-order valence-corrected chi connectivity index (χ4v) is 3.19. The van der Waals surface area contributed by atoms with Gasteiger partial charge in [-0.2, -0.15) is 0 Å². The van der Waals surface area contributed by atoms with Gasteiger partial charge in [-0.3, -0.25) is 0 Å². The molecule has 2 rings (SSSR count). The van der Waals surface area contributed by atoms with Crippen LogP contribution in [0, 0.1) is 5.92 Å². The minimum atomic E-state index is -0.0848. The van der Waals surface area contributed by atoms with Crippen molar-refractivity contribution >= 4 is 0 Å². The molecule has 1 heterocycles. The quantitative estimate of drug-likeness (QED) is 0.822. The summed E-state index contributed by atoms with van der Waals surface area (Å²) in [6.07, 6.45) is 8.83. The lowest BCUT2D eigenvalue weighted by atomic mass is 9.84. The molecular weight excluding hydrogens is 214 g/mol. The van der Waals surface area contributed by atoms with Crippen molar-refractivity contribution in [1.82, 2.24) is 0 Å². The highest BCUT2D eigenvalue weighted by atomic mass is 16.5. The van der Waals surface area contributed by atoms with E-state index in [1.165, 1.54) is 32.1 Å². The SMILES string of the molecule is CCC1CCCC(OC2(CN)CCOCC2)C1. The third-order valence-corrected chi connectivity index (χ3v) is 4.50. The van der Waals surface area contributed by atoms with Crippen LogP contribution in [0.1, 0.15) is 51.9 Å².